The summed E-state index contributed by atoms with van der Waals surface area (Å²) in [7, 11) is 0. The molecule has 1 aromatic rings. The summed E-state index contributed by atoms with van der Waals surface area (Å²) < 4.78 is 10.9. The number of ether oxygens (including phenoxy) is 2. The Labute approximate surface area is 123 Å². The van der Waals surface area contributed by atoms with Gasteiger partial charge < -0.3 is 19.9 Å². The second kappa shape index (κ2) is 5.63. The highest BCUT2D eigenvalue weighted by molar-refractivity contribution is 5.99. The van der Waals surface area contributed by atoms with Crippen LogP contribution in [0.5, 0.6) is 11.5 Å². The molecule has 2 rings (SSSR count). The van der Waals surface area contributed by atoms with Crippen molar-refractivity contribution in [1.29, 1.82) is 0 Å². The number of fused-ring (bicyclic) bond motifs is 1. The van der Waals surface area contributed by atoms with E-state index in [4.69, 9.17) is 9.47 Å². The van der Waals surface area contributed by atoms with E-state index >= 15 is 0 Å². The minimum Gasteiger partial charge on any atom is -0.486 e. The van der Waals surface area contributed by atoms with Crippen molar-refractivity contribution in [2.75, 3.05) is 13.2 Å². The predicted molar refractivity (Wildman–Crippen MR) is 75.8 cm³/mol. The van der Waals surface area contributed by atoms with Gasteiger partial charge >= 0.3 is 5.97 Å². The highest BCUT2D eigenvalue weighted by Crippen LogP contribution is 2.33. The number of para-hydroxylation sites is 1. The summed E-state index contributed by atoms with van der Waals surface area (Å²) in [6.07, 6.45) is 0. The monoisotopic (exact) mass is 293 g/mol. The first-order chi connectivity index (χ1) is 9.80. The lowest BCUT2D eigenvalue weighted by molar-refractivity contribution is -0.142. The van der Waals surface area contributed by atoms with E-state index < -0.39 is 23.3 Å². The molecule has 114 valence electrons. The van der Waals surface area contributed by atoms with Gasteiger partial charge in [-0.2, -0.15) is 0 Å². The number of carboxylic acids is 1. The Balaban J connectivity index is 2.26. The van der Waals surface area contributed by atoms with Crippen LogP contribution in [0.3, 0.4) is 0 Å². The maximum absolute atomic E-state index is 12.4. The van der Waals surface area contributed by atoms with E-state index in [2.05, 4.69) is 5.32 Å². The number of benzene rings is 1. The minimum atomic E-state index is -1.07. The highest BCUT2D eigenvalue weighted by Gasteiger charge is 2.33. The molecular formula is C15H19NO5. The third-order valence-corrected chi connectivity index (χ3v) is 3.20. The lowest BCUT2D eigenvalue weighted by Crippen LogP contribution is -2.49. The van der Waals surface area contributed by atoms with Crippen molar-refractivity contribution in [2.45, 2.75) is 26.8 Å². The Bertz CT molecular complexity index is 562. The van der Waals surface area contributed by atoms with Crippen LogP contribution in [0.2, 0.25) is 0 Å². The zero-order valence-corrected chi connectivity index (χ0v) is 12.3. The van der Waals surface area contributed by atoms with Crippen molar-refractivity contribution in [3.05, 3.63) is 23.8 Å². The largest absolute Gasteiger partial charge is 0.486 e. The average molecular weight is 293 g/mol. The molecule has 2 N–H and O–H groups in total. The van der Waals surface area contributed by atoms with Crippen molar-refractivity contribution in [1.82, 2.24) is 5.32 Å². The van der Waals surface area contributed by atoms with E-state index in [9.17, 15) is 14.7 Å². The zero-order chi connectivity index (χ0) is 15.6. The van der Waals surface area contributed by atoms with Gasteiger partial charge in [-0.25, -0.2) is 4.79 Å². The Morgan fingerprint density at radius 3 is 2.52 bits per heavy atom. The van der Waals surface area contributed by atoms with Crippen molar-refractivity contribution < 1.29 is 24.2 Å². The number of carboxylic acid groups (broad SMARTS) is 1. The van der Waals surface area contributed by atoms with E-state index in [-0.39, 0.29) is 5.56 Å². The maximum atomic E-state index is 12.4. The van der Waals surface area contributed by atoms with Gasteiger partial charge in [0.25, 0.3) is 5.91 Å². The third-order valence-electron chi connectivity index (χ3n) is 3.20. The summed E-state index contributed by atoms with van der Waals surface area (Å²) >= 11 is 0. The van der Waals surface area contributed by atoms with Gasteiger partial charge in [-0.1, -0.05) is 26.8 Å². The highest BCUT2D eigenvalue weighted by atomic mass is 16.6. The smallest absolute Gasteiger partial charge is 0.326 e. The van der Waals surface area contributed by atoms with Crippen LogP contribution in [-0.4, -0.2) is 36.2 Å². The normalized spacial score (nSPS) is 15.2. The number of nitrogens with one attached hydrogen (secondary N) is 1. The minimum absolute atomic E-state index is 0.280. The standard InChI is InChI=1S/C15H19NO5/c1-15(2,3)12(14(18)19)16-13(17)9-5-4-6-10-11(9)21-8-7-20-10/h4-6,12H,7-8H2,1-3H3,(H,16,17)(H,18,19)/t12-/m1/s1. The number of aliphatic carboxylic acids is 1. The van der Waals surface area contributed by atoms with Crippen molar-refractivity contribution in [3.8, 4) is 11.5 Å². The molecule has 6 nitrogen and oxygen atoms in total. The average Bonchev–Trinajstić information content (AvgIpc) is 2.42. The summed E-state index contributed by atoms with van der Waals surface area (Å²) in [4.78, 5) is 23.7. The molecule has 1 aromatic carbocycles. The molecule has 0 radical (unpaired) electrons. The van der Waals surface area contributed by atoms with Crippen LogP contribution in [0, 0.1) is 5.41 Å². The molecule has 6 heteroatoms. The number of carbonyl (C=O) groups is 2. The molecule has 21 heavy (non-hydrogen) atoms. The van der Waals surface area contributed by atoms with E-state index in [0.717, 1.165) is 0 Å². The van der Waals surface area contributed by atoms with Crippen LogP contribution in [0.25, 0.3) is 0 Å². The van der Waals surface area contributed by atoms with Crippen LogP contribution >= 0.6 is 0 Å². The summed E-state index contributed by atoms with van der Waals surface area (Å²) in [5, 5.41) is 11.8. The molecule has 0 saturated heterocycles. The van der Waals surface area contributed by atoms with Gasteiger partial charge in [0.05, 0.1) is 5.56 Å². The molecule has 1 heterocycles. The SMILES string of the molecule is CC(C)(C)[C@H](NC(=O)c1cccc2c1OCCO2)C(=O)O. The molecular weight excluding hydrogens is 274 g/mol. The molecule has 0 spiro atoms. The molecule has 0 bridgehead atoms. The second-order valence-electron chi connectivity index (χ2n) is 5.94. The molecule has 0 aromatic heterocycles. The first-order valence-corrected chi connectivity index (χ1v) is 6.73. The Morgan fingerprint density at radius 2 is 1.90 bits per heavy atom. The van der Waals surface area contributed by atoms with Crippen LogP contribution < -0.4 is 14.8 Å². The van der Waals surface area contributed by atoms with E-state index in [0.29, 0.717) is 24.7 Å². The van der Waals surface area contributed by atoms with E-state index in [1.165, 1.54) is 0 Å². The lowest BCUT2D eigenvalue weighted by atomic mass is 9.86. The van der Waals surface area contributed by atoms with Crippen molar-refractivity contribution in [2.24, 2.45) is 5.41 Å². The zero-order valence-electron chi connectivity index (χ0n) is 12.3. The molecule has 1 aliphatic heterocycles. The maximum Gasteiger partial charge on any atom is 0.326 e. The number of hydrogen-bond acceptors (Lipinski definition) is 4. The van der Waals surface area contributed by atoms with Crippen LogP contribution in [-0.2, 0) is 4.79 Å². The topological polar surface area (TPSA) is 84.9 Å². The van der Waals surface area contributed by atoms with Gasteiger partial charge in [-0.3, -0.25) is 4.79 Å². The summed E-state index contributed by atoms with van der Waals surface area (Å²) in [6, 6.07) is 3.98. The second-order valence-corrected chi connectivity index (χ2v) is 5.94. The third kappa shape index (κ3) is 3.26. The Kier molecular flexibility index (Phi) is 4.06. The molecule has 0 aliphatic carbocycles. The van der Waals surface area contributed by atoms with E-state index in [1.807, 2.05) is 0 Å². The molecule has 0 saturated carbocycles. The lowest BCUT2D eigenvalue weighted by Gasteiger charge is -2.28. The fourth-order valence-electron chi connectivity index (χ4n) is 2.11. The van der Waals surface area contributed by atoms with Crippen molar-refractivity contribution >= 4 is 11.9 Å². The van der Waals surface area contributed by atoms with Crippen LogP contribution in [0.4, 0.5) is 0 Å². The van der Waals surface area contributed by atoms with Gasteiger partial charge in [0.1, 0.15) is 19.3 Å². The van der Waals surface area contributed by atoms with Crippen molar-refractivity contribution in [3.63, 3.8) is 0 Å². The van der Waals surface area contributed by atoms with Crippen LogP contribution in [0.15, 0.2) is 18.2 Å². The Morgan fingerprint density at radius 1 is 1.24 bits per heavy atom. The summed E-state index contributed by atoms with van der Waals surface area (Å²) in [5.41, 5.74) is -0.323. The molecule has 0 fully saturated rings. The molecule has 1 aliphatic rings. The van der Waals surface area contributed by atoms with Gasteiger partial charge in [-0.15, -0.1) is 0 Å². The predicted octanol–water partition coefficient (Wildman–Crippen LogP) is 1.69. The van der Waals surface area contributed by atoms with Gasteiger partial charge in [0.2, 0.25) is 0 Å². The summed E-state index contributed by atoms with van der Waals surface area (Å²) in [6.45, 7) is 6.06. The fraction of sp³-hybridized carbons (Fsp3) is 0.467. The molecule has 1 atom stereocenters. The fourth-order valence-corrected chi connectivity index (χ4v) is 2.11. The van der Waals surface area contributed by atoms with Gasteiger partial charge in [0.15, 0.2) is 11.5 Å². The molecule has 0 unspecified atom stereocenters. The first kappa shape index (κ1) is 15.2. The van der Waals surface area contributed by atoms with Crippen LogP contribution in [0.1, 0.15) is 31.1 Å². The summed E-state index contributed by atoms with van der Waals surface area (Å²) in [5.74, 6) is -0.701. The number of amides is 1. The first-order valence-electron chi connectivity index (χ1n) is 6.73. The molecule has 1 amide bonds. The Hall–Kier alpha value is -2.24. The van der Waals surface area contributed by atoms with E-state index in [1.54, 1.807) is 39.0 Å². The van der Waals surface area contributed by atoms with Gasteiger partial charge in [0, 0.05) is 0 Å². The quantitative estimate of drug-likeness (QED) is 0.885. The number of carbonyl (C=O) groups excluding carboxylic acids is 1. The number of hydrogen-bond donors (Lipinski definition) is 2. The van der Waals surface area contributed by atoms with Gasteiger partial charge in [-0.05, 0) is 17.5 Å². The number of rotatable bonds is 3.